The Bertz CT molecular complexity index is 641. The summed E-state index contributed by atoms with van der Waals surface area (Å²) in [7, 11) is -0.777. The van der Waals surface area contributed by atoms with Crippen molar-refractivity contribution in [3.8, 4) is 0 Å². The molecule has 2 aromatic rings. The number of nitrogens with zero attached hydrogens (tertiary/aromatic N) is 2. The molecule has 0 fully saturated rings. The fraction of sp³-hybridized carbons (Fsp3) is 0.500. The molecule has 0 aliphatic carbocycles. The Morgan fingerprint density at radius 3 is 2.75 bits per heavy atom. The van der Waals surface area contributed by atoms with E-state index in [-0.39, 0.29) is 11.4 Å². The molecule has 0 N–H and O–H groups in total. The Hall–Kier alpha value is -0.390. The quantitative estimate of drug-likeness (QED) is 0.723. The van der Waals surface area contributed by atoms with Crippen LogP contribution in [0.2, 0.25) is 0 Å². The SMILES string of the molecule is CC(Cl)c1nc2cc(Br)ccc2n1C(C)CCS(C)=O. The molecule has 0 spiro atoms. The first-order chi connectivity index (χ1) is 9.40. The van der Waals surface area contributed by atoms with E-state index in [2.05, 4.69) is 38.5 Å². The van der Waals surface area contributed by atoms with Crippen molar-refractivity contribution in [2.75, 3.05) is 12.0 Å². The molecule has 0 amide bonds. The van der Waals surface area contributed by atoms with Gasteiger partial charge in [-0.1, -0.05) is 15.9 Å². The number of imidazole rings is 1. The summed E-state index contributed by atoms with van der Waals surface area (Å²) in [6, 6.07) is 6.28. The van der Waals surface area contributed by atoms with Crippen molar-refractivity contribution in [2.45, 2.75) is 31.7 Å². The van der Waals surface area contributed by atoms with Crippen LogP contribution in [-0.2, 0) is 10.8 Å². The Kier molecular flexibility index (Phi) is 5.26. The number of fused-ring (bicyclic) bond motifs is 1. The summed E-state index contributed by atoms with van der Waals surface area (Å²) in [6.45, 7) is 4.05. The summed E-state index contributed by atoms with van der Waals surface area (Å²) in [5.74, 6) is 1.56. The van der Waals surface area contributed by atoms with Crippen LogP contribution < -0.4 is 0 Å². The average molecular weight is 378 g/mol. The smallest absolute Gasteiger partial charge is 0.127 e. The zero-order valence-corrected chi connectivity index (χ0v) is 14.9. The summed E-state index contributed by atoms with van der Waals surface area (Å²) < 4.78 is 14.5. The molecule has 0 saturated carbocycles. The van der Waals surface area contributed by atoms with E-state index in [1.807, 2.05) is 19.1 Å². The van der Waals surface area contributed by atoms with Crippen LogP contribution >= 0.6 is 27.5 Å². The second-order valence-corrected chi connectivity index (χ2v) is 8.13. The Balaban J connectivity index is 2.48. The number of benzene rings is 1. The molecule has 3 unspecified atom stereocenters. The maximum Gasteiger partial charge on any atom is 0.127 e. The molecule has 0 saturated heterocycles. The molecular weight excluding hydrogens is 360 g/mol. The predicted octanol–water partition coefficient (Wildman–Crippen LogP) is 4.43. The van der Waals surface area contributed by atoms with Crippen molar-refractivity contribution in [3.63, 3.8) is 0 Å². The van der Waals surface area contributed by atoms with Crippen molar-refractivity contribution >= 4 is 49.4 Å². The van der Waals surface area contributed by atoms with Gasteiger partial charge in [0.1, 0.15) is 5.82 Å². The first kappa shape index (κ1) is 16.0. The number of alkyl halides is 1. The van der Waals surface area contributed by atoms with Gasteiger partial charge < -0.3 is 4.57 Å². The highest BCUT2D eigenvalue weighted by Crippen LogP contribution is 2.30. The van der Waals surface area contributed by atoms with Crippen LogP contribution in [0, 0.1) is 0 Å². The van der Waals surface area contributed by atoms with Gasteiger partial charge in [-0.25, -0.2) is 4.98 Å². The maximum absolute atomic E-state index is 11.3. The second kappa shape index (κ2) is 6.58. The molecule has 110 valence electrons. The Labute approximate surface area is 135 Å². The summed E-state index contributed by atoms with van der Waals surface area (Å²) in [6.07, 6.45) is 2.59. The molecule has 20 heavy (non-hydrogen) atoms. The summed E-state index contributed by atoms with van der Waals surface area (Å²) in [5, 5.41) is -0.157. The molecule has 0 aliphatic rings. The third kappa shape index (κ3) is 3.43. The van der Waals surface area contributed by atoms with E-state index in [9.17, 15) is 4.21 Å². The number of hydrogen-bond donors (Lipinski definition) is 0. The van der Waals surface area contributed by atoms with E-state index in [0.29, 0.717) is 5.75 Å². The van der Waals surface area contributed by atoms with E-state index in [1.165, 1.54) is 0 Å². The standard InChI is InChI=1S/C14H18BrClN2OS/c1-9(6-7-20(3)19)18-13-5-4-11(15)8-12(13)17-14(18)10(2)16/h4-5,8-10H,6-7H2,1-3H3. The lowest BCUT2D eigenvalue weighted by atomic mass is 10.2. The van der Waals surface area contributed by atoms with Crippen LogP contribution in [0.1, 0.15) is 37.5 Å². The average Bonchev–Trinajstić information content (AvgIpc) is 2.74. The van der Waals surface area contributed by atoms with Crippen LogP contribution in [0.4, 0.5) is 0 Å². The number of hydrogen-bond acceptors (Lipinski definition) is 2. The lowest BCUT2D eigenvalue weighted by Gasteiger charge is -2.18. The summed E-state index contributed by atoms with van der Waals surface area (Å²) >= 11 is 9.74. The summed E-state index contributed by atoms with van der Waals surface area (Å²) in [5.41, 5.74) is 2.01. The van der Waals surface area contributed by atoms with Crippen LogP contribution in [0.25, 0.3) is 11.0 Å². The Morgan fingerprint density at radius 2 is 2.15 bits per heavy atom. The zero-order chi connectivity index (χ0) is 14.9. The van der Waals surface area contributed by atoms with Crippen molar-refractivity contribution in [3.05, 3.63) is 28.5 Å². The minimum atomic E-state index is -0.777. The number of rotatable bonds is 5. The van der Waals surface area contributed by atoms with Crippen molar-refractivity contribution in [1.82, 2.24) is 9.55 Å². The largest absolute Gasteiger partial charge is 0.324 e. The highest BCUT2D eigenvalue weighted by Gasteiger charge is 2.19. The highest BCUT2D eigenvalue weighted by atomic mass is 79.9. The van der Waals surface area contributed by atoms with Gasteiger partial charge in [-0.05, 0) is 38.5 Å². The third-order valence-corrected chi connectivity index (χ3v) is 4.80. The fourth-order valence-electron chi connectivity index (χ4n) is 2.30. The monoisotopic (exact) mass is 376 g/mol. The summed E-state index contributed by atoms with van der Waals surface area (Å²) in [4.78, 5) is 4.65. The molecular formula is C14H18BrClN2OS. The van der Waals surface area contributed by atoms with Gasteiger partial charge in [-0.15, -0.1) is 11.6 Å². The van der Waals surface area contributed by atoms with Crippen molar-refractivity contribution in [1.29, 1.82) is 0 Å². The maximum atomic E-state index is 11.3. The van der Waals surface area contributed by atoms with Gasteiger partial charge in [-0.2, -0.15) is 0 Å². The first-order valence-electron chi connectivity index (χ1n) is 6.51. The minimum absolute atomic E-state index is 0.157. The first-order valence-corrected chi connectivity index (χ1v) is 9.47. The van der Waals surface area contributed by atoms with Crippen LogP contribution in [0.3, 0.4) is 0 Å². The molecule has 6 heteroatoms. The van der Waals surface area contributed by atoms with Gasteiger partial charge in [0.2, 0.25) is 0 Å². The van der Waals surface area contributed by atoms with Gasteiger partial charge >= 0.3 is 0 Å². The van der Waals surface area contributed by atoms with Gasteiger partial charge in [0.25, 0.3) is 0 Å². The topological polar surface area (TPSA) is 34.9 Å². The second-order valence-electron chi connectivity index (χ2n) is 5.00. The molecule has 3 atom stereocenters. The normalized spacial score (nSPS) is 16.2. The van der Waals surface area contributed by atoms with Crippen molar-refractivity contribution in [2.24, 2.45) is 0 Å². The van der Waals surface area contributed by atoms with E-state index in [1.54, 1.807) is 6.26 Å². The van der Waals surface area contributed by atoms with E-state index < -0.39 is 10.8 Å². The zero-order valence-electron chi connectivity index (χ0n) is 11.8. The molecule has 0 aliphatic heterocycles. The van der Waals surface area contributed by atoms with E-state index >= 15 is 0 Å². The Morgan fingerprint density at radius 1 is 1.45 bits per heavy atom. The van der Waals surface area contributed by atoms with Gasteiger partial charge in [0, 0.05) is 33.3 Å². The minimum Gasteiger partial charge on any atom is -0.324 e. The molecule has 1 aromatic carbocycles. The molecule has 2 rings (SSSR count). The fourth-order valence-corrected chi connectivity index (χ4v) is 3.48. The number of aromatic nitrogens is 2. The lowest BCUT2D eigenvalue weighted by Crippen LogP contribution is -2.12. The molecule has 0 radical (unpaired) electrons. The van der Waals surface area contributed by atoms with E-state index in [0.717, 1.165) is 27.8 Å². The van der Waals surface area contributed by atoms with Crippen LogP contribution in [0.15, 0.2) is 22.7 Å². The molecule has 1 aromatic heterocycles. The van der Waals surface area contributed by atoms with Crippen molar-refractivity contribution < 1.29 is 4.21 Å². The van der Waals surface area contributed by atoms with E-state index in [4.69, 9.17) is 11.6 Å². The highest BCUT2D eigenvalue weighted by molar-refractivity contribution is 9.10. The van der Waals surface area contributed by atoms with Crippen LogP contribution in [0.5, 0.6) is 0 Å². The van der Waals surface area contributed by atoms with Gasteiger partial charge in [0.15, 0.2) is 0 Å². The van der Waals surface area contributed by atoms with Gasteiger partial charge in [0.05, 0.1) is 16.4 Å². The molecule has 3 nitrogen and oxygen atoms in total. The molecule has 0 bridgehead atoms. The van der Waals surface area contributed by atoms with Crippen LogP contribution in [-0.4, -0.2) is 25.8 Å². The number of halogens is 2. The predicted molar refractivity (Wildman–Crippen MR) is 90.0 cm³/mol. The van der Waals surface area contributed by atoms with Gasteiger partial charge in [-0.3, -0.25) is 4.21 Å². The molecule has 1 heterocycles. The third-order valence-electron chi connectivity index (χ3n) is 3.30. The lowest BCUT2D eigenvalue weighted by molar-refractivity contribution is 0.523.